The van der Waals surface area contributed by atoms with Crippen molar-refractivity contribution in [2.24, 2.45) is 0 Å². The molecule has 0 spiro atoms. The van der Waals surface area contributed by atoms with Gasteiger partial charge in [0.05, 0.1) is 19.3 Å². The number of carbonyl (C=O) groups excluding carboxylic acids is 10. The summed E-state index contributed by atoms with van der Waals surface area (Å²) in [5, 5.41) is 0. The van der Waals surface area contributed by atoms with Gasteiger partial charge in [-0.2, -0.15) is 127 Å². The summed E-state index contributed by atoms with van der Waals surface area (Å²) in [6, 6.07) is 0. The van der Waals surface area contributed by atoms with Gasteiger partial charge in [-0.25, -0.2) is 91.8 Å². The van der Waals surface area contributed by atoms with Gasteiger partial charge in [0.15, 0.2) is 0 Å². The van der Waals surface area contributed by atoms with Crippen LogP contribution in [0.25, 0.3) is 0 Å². The summed E-state index contributed by atoms with van der Waals surface area (Å²) >= 11 is 0. The lowest BCUT2D eigenvalue weighted by Crippen LogP contribution is -2.61. The molecule has 124 heavy (non-hydrogen) atoms. The molecule has 0 saturated carbocycles. The summed E-state index contributed by atoms with van der Waals surface area (Å²) in [5.74, 6) is -92.9. The van der Waals surface area contributed by atoms with Gasteiger partial charge < -0.3 is 47.4 Å². The smallest absolute Gasteiger partial charge is 0.458 e. The Kier molecular flexibility index (Phi) is 47.5. The summed E-state index contributed by atoms with van der Waals surface area (Å²) in [5.41, 5.74) is -1.08. The van der Waals surface area contributed by atoms with Crippen molar-refractivity contribution in [1.82, 2.24) is 0 Å². The first kappa shape index (κ1) is 123. The molecule has 59 heteroatoms. The normalized spacial score (nSPS) is 14.2. The van der Waals surface area contributed by atoms with Gasteiger partial charge in [-0.15, -0.1) is 0 Å². The molecule has 20 nitrogen and oxygen atoms in total. The van der Waals surface area contributed by atoms with E-state index < -0.39 is 277 Å². The lowest BCUT2D eigenvalue weighted by molar-refractivity contribution is -0.397. The number of hydrogen-bond acceptors (Lipinski definition) is 20. The molecule has 0 fully saturated rings. The number of carbonyl (C=O) groups is 10. The van der Waals surface area contributed by atoms with E-state index in [9.17, 15) is 219 Å². The second-order valence-electron chi connectivity index (χ2n) is 25.5. The predicted molar refractivity (Wildman–Crippen MR) is 334 cm³/mol. The van der Waals surface area contributed by atoms with Gasteiger partial charge >= 0.3 is 168 Å². The largest absolute Gasteiger partial charge is 0.460 e. The second kappa shape index (κ2) is 47.8. The fourth-order valence-electron chi connectivity index (χ4n) is 6.34. The van der Waals surface area contributed by atoms with Gasteiger partial charge in [0, 0.05) is 75.3 Å². The first-order valence-corrected chi connectivity index (χ1v) is 32.3. The highest BCUT2D eigenvalue weighted by atomic mass is 19.4. The van der Waals surface area contributed by atoms with Crippen LogP contribution in [0.5, 0.6) is 0 Å². The maximum Gasteiger partial charge on any atom is 0.460 e. The van der Waals surface area contributed by atoms with Gasteiger partial charge in [0.2, 0.25) is 6.43 Å². The number of esters is 10. The lowest BCUT2D eigenvalue weighted by Gasteiger charge is -2.34. The first-order valence-electron chi connectivity index (χ1n) is 32.3. The highest BCUT2D eigenvalue weighted by Gasteiger charge is 2.81. The van der Waals surface area contributed by atoms with Crippen LogP contribution >= 0.6 is 0 Å². The zero-order valence-corrected chi connectivity index (χ0v) is 64.4. The van der Waals surface area contributed by atoms with Crippen LogP contribution in [0.1, 0.15) is 108 Å². The zero-order valence-electron chi connectivity index (χ0n) is 64.4. The number of halogens is 39. The van der Waals surface area contributed by atoms with E-state index in [2.05, 4.69) is 80.3 Å². The number of ether oxygens (including phenoxy) is 10. The minimum Gasteiger partial charge on any atom is -0.458 e. The van der Waals surface area contributed by atoms with Crippen molar-refractivity contribution >= 4 is 59.7 Å². The first-order chi connectivity index (χ1) is 54.7. The number of hydrogen-bond donors (Lipinski definition) is 0. The predicted octanol–water partition coefficient (Wildman–Crippen LogP) is 18.0. The molecule has 0 saturated heterocycles. The Bertz CT molecular complexity index is 3590. The molecule has 0 aliphatic heterocycles. The monoisotopic (exact) mass is 1910 g/mol. The molecule has 0 aliphatic carbocycles. The lowest BCUT2D eigenvalue weighted by atomic mass is 9.98. The van der Waals surface area contributed by atoms with E-state index in [1.54, 1.807) is 0 Å². The minimum absolute atomic E-state index is 0.00106. The number of alkyl halides is 39. The molecule has 0 aromatic rings. The van der Waals surface area contributed by atoms with Crippen molar-refractivity contribution in [2.45, 2.75) is 253 Å². The van der Waals surface area contributed by atoms with Crippen molar-refractivity contribution in [3.05, 3.63) is 60.8 Å². The van der Waals surface area contributed by atoms with Crippen LogP contribution in [0.2, 0.25) is 0 Å². The molecule has 5 unspecified atom stereocenters. The standard InChI is InChI=1S/C15H15F11O4.C14H14F10O4.C13H14F8O4.C12H14F6O4.C11H14F4O4/c1-7(2)9(27)29-6-8(30-10(28)11(3,16)17)4-5-12(18,19)13(20,21)14(22,23)15(24,25)26;1-6(2)8(25)27-5-7(28-10(26)11(3,17)18)4-12(19,20)14(23,24)13(21,22)9(15)16;1-6(2)8(22)24-5-7(25-10(23)11(3,16)17)4-12(18,19)13(20,21)9(14)15;1-6(2)8(19)21-5-7(4-12(17,18)9(13)14)22-10(20)11(3,15)16;1-6(2)9(16)18-5-7(4-8(12)13)19-10(17)11(3,14)15/h8H,1,4-6H2,2-3H3;7,9H,1,4-5H2,2-3H3;7,9H,1,4-5H2,2-3H3;7,9H,1,4-5H2,2-3H3;7-8H,1,4-5H2,2-3H3. The molecular weight excluding hydrogens is 1840 g/mol. The second-order valence-corrected chi connectivity index (χ2v) is 25.5. The number of rotatable bonds is 44. The van der Waals surface area contributed by atoms with Crippen LogP contribution in [0, 0.1) is 0 Å². The average molecular weight is 1910 g/mol. The molecule has 0 heterocycles. The van der Waals surface area contributed by atoms with E-state index >= 15 is 0 Å². The van der Waals surface area contributed by atoms with E-state index in [0.29, 0.717) is 0 Å². The van der Waals surface area contributed by atoms with Crippen LogP contribution in [0.3, 0.4) is 0 Å². The van der Waals surface area contributed by atoms with Gasteiger partial charge in [-0.3, -0.25) is 0 Å². The summed E-state index contributed by atoms with van der Waals surface area (Å²) in [7, 11) is 0. The maximum atomic E-state index is 13.6. The summed E-state index contributed by atoms with van der Waals surface area (Å²) in [6.07, 6.45) is -47.2. The Balaban J connectivity index is -0.000000480. The minimum atomic E-state index is -7.14. The highest BCUT2D eigenvalue weighted by Crippen LogP contribution is 2.55. The van der Waals surface area contributed by atoms with Crippen molar-refractivity contribution in [3.63, 3.8) is 0 Å². The highest BCUT2D eigenvalue weighted by molar-refractivity contribution is 5.89. The zero-order chi connectivity index (χ0) is 100. The van der Waals surface area contributed by atoms with E-state index in [1.807, 2.05) is 0 Å². The molecule has 0 aromatic carbocycles. The van der Waals surface area contributed by atoms with Crippen molar-refractivity contribution in [1.29, 1.82) is 0 Å². The van der Waals surface area contributed by atoms with Crippen LogP contribution < -0.4 is 0 Å². The molecule has 724 valence electrons. The summed E-state index contributed by atoms with van der Waals surface area (Å²) < 4.78 is 539. The SMILES string of the molecule is C=C(C)C(=O)OCC(CC(F)(F)C(F)(F)C(F)(F)C(F)F)OC(=O)C(C)(F)F.C=C(C)C(=O)OCC(CC(F)(F)C(F)(F)C(F)F)OC(=O)C(C)(F)F.C=C(C)C(=O)OCC(CC(F)(F)C(F)F)OC(=O)C(C)(F)F.C=C(C)C(=O)OCC(CC(F)F)OC(=O)C(C)(F)F.C=C(C)C(=O)OCC(CCC(F)(F)C(F)(F)C(F)(F)C(F)(F)F)OC(=O)C(C)(F)F. The van der Waals surface area contributed by atoms with Crippen LogP contribution in [0.4, 0.5) is 171 Å². The molecule has 0 rings (SSSR count). The molecule has 0 aromatic heterocycles. The van der Waals surface area contributed by atoms with Gasteiger partial charge in [0.25, 0.3) is 0 Å². The molecular formula is C65H71F39O20. The Morgan fingerprint density at radius 2 is 0.500 bits per heavy atom. The van der Waals surface area contributed by atoms with Crippen molar-refractivity contribution < 1.29 is 267 Å². The summed E-state index contributed by atoms with van der Waals surface area (Å²) in [4.78, 5) is 111. The van der Waals surface area contributed by atoms with E-state index in [-0.39, 0.29) is 62.5 Å². The van der Waals surface area contributed by atoms with Crippen molar-refractivity contribution in [2.75, 3.05) is 33.0 Å². The van der Waals surface area contributed by atoms with E-state index in [1.165, 1.54) is 13.8 Å². The third kappa shape index (κ3) is 42.1. The average Bonchev–Trinajstić information content (AvgIpc) is 0.741. The third-order valence-corrected chi connectivity index (χ3v) is 13.0. The van der Waals surface area contributed by atoms with Crippen LogP contribution in [-0.4, -0.2) is 238 Å². The Hall–Kier alpha value is -9.33. The molecule has 0 aliphatic rings. The quantitative estimate of drug-likeness (QED) is 0.0237. The van der Waals surface area contributed by atoms with Crippen LogP contribution in [0.15, 0.2) is 60.8 Å². The van der Waals surface area contributed by atoms with Gasteiger partial charge in [-0.1, -0.05) is 32.9 Å². The van der Waals surface area contributed by atoms with Crippen LogP contribution in [-0.2, 0) is 95.3 Å². The van der Waals surface area contributed by atoms with E-state index in [4.69, 9.17) is 0 Å². The fourth-order valence-corrected chi connectivity index (χ4v) is 6.34. The molecule has 5 atom stereocenters. The Morgan fingerprint density at radius 1 is 0.274 bits per heavy atom. The van der Waals surface area contributed by atoms with E-state index in [0.717, 1.165) is 20.8 Å². The maximum absolute atomic E-state index is 13.6. The summed E-state index contributed by atoms with van der Waals surface area (Å²) in [6.45, 7) is 15.8. The molecule has 0 bridgehead atoms. The van der Waals surface area contributed by atoms with Gasteiger partial charge in [-0.05, 0) is 41.0 Å². The van der Waals surface area contributed by atoms with Crippen molar-refractivity contribution in [3.8, 4) is 0 Å². The Morgan fingerprint density at radius 3 is 0.726 bits per heavy atom. The topological polar surface area (TPSA) is 263 Å². The van der Waals surface area contributed by atoms with Gasteiger partial charge in [0.1, 0.15) is 63.6 Å². The Labute approximate surface area is 672 Å². The fraction of sp³-hybridized carbons (Fsp3) is 0.692. The third-order valence-electron chi connectivity index (χ3n) is 13.0. The molecule has 0 amide bonds. The molecule has 0 N–H and O–H groups in total. The molecule has 0 radical (unpaired) electrons.